The number of benzene rings is 3. The number of thioether (sulfide) groups is 1. The zero-order valence-electron chi connectivity index (χ0n) is 17.1. The van der Waals surface area contributed by atoms with Crippen molar-refractivity contribution in [3.05, 3.63) is 95.5 Å². The molecule has 0 aliphatic carbocycles. The number of amides is 1. The van der Waals surface area contributed by atoms with Crippen molar-refractivity contribution in [1.29, 1.82) is 0 Å². The van der Waals surface area contributed by atoms with Crippen LogP contribution in [0.15, 0.2) is 71.6 Å². The van der Waals surface area contributed by atoms with Crippen molar-refractivity contribution in [1.82, 2.24) is 0 Å². The van der Waals surface area contributed by atoms with E-state index in [0.717, 1.165) is 41.5 Å². The van der Waals surface area contributed by atoms with Gasteiger partial charge in [0.15, 0.2) is 4.32 Å². The Bertz CT molecular complexity index is 1300. The highest BCUT2D eigenvalue weighted by molar-refractivity contribution is 14.1. The molecule has 1 saturated heterocycles. The summed E-state index contributed by atoms with van der Waals surface area (Å²) in [5.74, 6) is 0.145. The first kappa shape index (κ1) is 25.5. The molecule has 0 unspecified atom stereocenters. The van der Waals surface area contributed by atoms with Crippen molar-refractivity contribution in [3.8, 4) is 5.75 Å². The van der Waals surface area contributed by atoms with Gasteiger partial charge in [0.1, 0.15) is 12.4 Å². The van der Waals surface area contributed by atoms with Gasteiger partial charge in [0.05, 0.1) is 19.7 Å². The van der Waals surface area contributed by atoms with Crippen LogP contribution in [0.3, 0.4) is 0 Å². The summed E-state index contributed by atoms with van der Waals surface area (Å²) in [6.45, 7) is 0.351. The number of rotatable bonds is 5. The number of hydrogen-bond donors (Lipinski definition) is 0. The van der Waals surface area contributed by atoms with Crippen molar-refractivity contribution in [2.75, 3.05) is 4.90 Å². The van der Waals surface area contributed by atoms with Gasteiger partial charge in [0.2, 0.25) is 0 Å². The molecule has 174 valence electrons. The minimum atomic E-state index is -4.52. The lowest BCUT2D eigenvalue weighted by Crippen LogP contribution is -2.27. The van der Waals surface area contributed by atoms with E-state index in [2.05, 4.69) is 45.2 Å². The molecular weight excluding hydrogens is 709 g/mol. The van der Waals surface area contributed by atoms with E-state index in [1.54, 1.807) is 6.08 Å². The maximum Gasteiger partial charge on any atom is 0.416 e. The van der Waals surface area contributed by atoms with Crippen LogP contribution < -0.4 is 9.64 Å². The Kier molecular flexibility index (Phi) is 7.89. The first-order valence-corrected chi connectivity index (χ1v) is 13.1. The summed E-state index contributed by atoms with van der Waals surface area (Å²) in [6, 6.07) is 18.1. The lowest BCUT2D eigenvalue weighted by Gasteiger charge is -2.16. The topological polar surface area (TPSA) is 29.5 Å². The molecule has 1 amide bonds. The molecule has 3 aromatic rings. The van der Waals surface area contributed by atoms with Crippen molar-refractivity contribution in [3.63, 3.8) is 0 Å². The summed E-state index contributed by atoms with van der Waals surface area (Å²) < 4.78 is 47.6. The smallest absolute Gasteiger partial charge is 0.416 e. The van der Waals surface area contributed by atoms with Crippen molar-refractivity contribution in [2.24, 2.45) is 0 Å². The molecule has 1 fully saturated rings. The summed E-state index contributed by atoms with van der Waals surface area (Å²) >= 11 is 10.8. The third kappa shape index (κ3) is 5.77. The molecule has 1 aliphatic heterocycles. The second-order valence-electron chi connectivity index (χ2n) is 7.15. The average Bonchev–Trinajstić information content (AvgIpc) is 3.06. The zero-order valence-corrected chi connectivity index (χ0v) is 23.1. The van der Waals surface area contributed by atoms with Crippen LogP contribution in [0.25, 0.3) is 6.08 Å². The zero-order chi connectivity index (χ0) is 24.5. The number of ether oxygens (including phenoxy) is 1. The van der Waals surface area contributed by atoms with Gasteiger partial charge in [-0.2, -0.15) is 13.2 Å². The van der Waals surface area contributed by atoms with Gasteiger partial charge < -0.3 is 4.74 Å². The Morgan fingerprint density at radius 3 is 2.47 bits per heavy atom. The van der Waals surface area contributed by atoms with Gasteiger partial charge in [-0.1, -0.05) is 60.4 Å². The average molecular weight is 723 g/mol. The van der Waals surface area contributed by atoms with Crippen LogP contribution in [0, 0.1) is 7.14 Å². The quantitative estimate of drug-likeness (QED) is 0.152. The predicted octanol–water partition coefficient (Wildman–Crippen LogP) is 7.90. The van der Waals surface area contributed by atoms with E-state index in [1.165, 1.54) is 12.1 Å². The van der Waals surface area contributed by atoms with Gasteiger partial charge in [-0.15, -0.1) is 0 Å². The normalized spacial score (nSPS) is 15.3. The molecular formula is C24H14F3I2NO2S2. The molecule has 0 atom stereocenters. The maximum absolute atomic E-state index is 13.2. The van der Waals surface area contributed by atoms with Crippen molar-refractivity contribution in [2.45, 2.75) is 12.8 Å². The first-order valence-electron chi connectivity index (χ1n) is 9.74. The molecule has 0 spiro atoms. The predicted molar refractivity (Wildman–Crippen MR) is 150 cm³/mol. The van der Waals surface area contributed by atoms with Crippen LogP contribution in [-0.2, 0) is 17.6 Å². The number of thiocarbonyl (C=S) groups is 1. The molecule has 0 saturated carbocycles. The lowest BCUT2D eigenvalue weighted by molar-refractivity contribution is -0.137. The van der Waals surface area contributed by atoms with E-state index in [9.17, 15) is 18.0 Å². The largest absolute Gasteiger partial charge is 0.487 e. The fourth-order valence-electron chi connectivity index (χ4n) is 3.22. The summed E-state index contributed by atoms with van der Waals surface area (Å²) in [5.41, 5.74) is 0.931. The van der Waals surface area contributed by atoms with E-state index in [4.69, 9.17) is 17.0 Å². The summed E-state index contributed by atoms with van der Waals surface area (Å²) in [7, 11) is 0. The fraction of sp³-hybridized carbons (Fsp3) is 0.0833. The molecule has 3 nitrogen and oxygen atoms in total. The minimum Gasteiger partial charge on any atom is -0.487 e. The third-order valence-corrected chi connectivity index (χ3v) is 7.50. The Balaban J connectivity index is 1.66. The van der Waals surface area contributed by atoms with Crippen LogP contribution in [0.4, 0.5) is 18.9 Å². The maximum atomic E-state index is 13.2. The standard InChI is InChI=1S/C24H14F3I2NO2S2/c25-24(26,27)16-7-4-8-18(11-16)30-22(31)20(34-23(30)33)10-15-9-17(28)12-19(29)21(15)32-13-14-5-2-1-3-6-14/h1-12H,13H2/b20-10-. The van der Waals surface area contributed by atoms with Crippen LogP contribution in [0.5, 0.6) is 5.75 Å². The van der Waals surface area contributed by atoms with Crippen LogP contribution in [-0.4, -0.2) is 10.2 Å². The van der Waals surface area contributed by atoms with Crippen LogP contribution >= 0.6 is 69.2 Å². The van der Waals surface area contributed by atoms with Gasteiger partial charge in [-0.05, 0) is 87.2 Å². The lowest BCUT2D eigenvalue weighted by atomic mass is 10.1. The number of alkyl halides is 3. The molecule has 0 radical (unpaired) electrons. The molecule has 34 heavy (non-hydrogen) atoms. The molecule has 10 heteroatoms. The highest BCUT2D eigenvalue weighted by Gasteiger charge is 2.36. The van der Waals surface area contributed by atoms with E-state index in [-0.39, 0.29) is 10.0 Å². The van der Waals surface area contributed by atoms with Crippen LogP contribution in [0.1, 0.15) is 16.7 Å². The third-order valence-electron chi connectivity index (χ3n) is 4.78. The Hall–Kier alpha value is -1.64. The fourth-order valence-corrected chi connectivity index (χ4v) is 6.56. The number of carbonyl (C=O) groups is 1. The van der Waals surface area contributed by atoms with E-state index >= 15 is 0 Å². The van der Waals surface area contributed by atoms with E-state index < -0.39 is 17.6 Å². The summed E-state index contributed by atoms with van der Waals surface area (Å²) in [4.78, 5) is 14.6. The highest BCUT2D eigenvalue weighted by atomic mass is 127. The van der Waals surface area contributed by atoms with Crippen LogP contribution in [0.2, 0.25) is 0 Å². The Morgan fingerprint density at radius 2 is 1.76 bits per heavy atom. The molecule has 1 heterocycles. The van der Waals surface area contributed by atoms with Crippen molar-refractivity contribution < 1.29 is 22.7 Å². The Morgan fingerprint density at radius 1 is 1.03 bits per heavy atom. The molecule has 0 aromatic heterocycles. The first-order chi connectivity index (χ1) is 16.1. The van der Waals surface area contributed by atoms with Gasteiger partial charge in [-0.25, -0.2) is 0 Å². The van der Waals surface area contributed by atoms with Gasteiger partial charge in [-0.3, -0.25) is 9.69 Å². The van der Waals surface area contributed by atoms with Crippen molar-refractivity contribution >= 4 is 91.2 Å². The molecule has 3 aromatic carbocycles. The van der Waals surface area contributed by atoms with Gasteiger partial charge in [0, 0.05) is 9.13 Å². The molecule has 4 rings (SSSR count). The second kappa shape index (κ2) is 10.5. The molecule has 1 aliphatic rings. The van der Waals surface area contributed by atoms with Gasteiger partial charge >= 0.3 is 6.18 Å². The number of hydrogen-bond acceptors (Lipinski definition) is 4. The number of anilines is 1. The molecule has 0 N–H and O–H groups in total. The number of carbonyl (C=O) groups excluding carboxylic acids is 1. The summed E-state index contributed by atoms with van der Waals surface area (Å²) in [5, 5.41) is 0. The summed E-state index contributed by atoms with van der Waals surface area (Å²) in [6.07, 6.45) is -2.84. The van der Waals surface area contributed by atoms with E-state index in [1.807, 2.05) is 42.5 Å². The second-order valence-corrected chi connectivity index (χ2v) is 11.2. The Labute approximate surface area is 231 Å². The highest BCUT2D eigenvalue weighted by Crippen LogP contribution is 2.40. The van der Waals surface area contributed by atoms with E-state index in [0.29, 0.717) is 22.8 Å². The van der Waals surface area contributed by atoms with Gasteiger partial charge in [0.25, 0.3) is 5.91 Å². The SMILES string of the molecule is O=C1/C(=C/c2cc(I)cc(I)c2OCc2ccccc2)SC(=S)N1c1cccc(C(F)(F)F)c1. The molecule has 0 bridgehead atoms. The number of halogens is 5. The minimum absolute atomic E-state index is 0.0819. The monoisotopic (exact) mass is 723 g/mol. The number of nitrogens with zero attached hydrogens (tertiary/aromatic N) is 1.